The molecule has 1 amide bonds. The van der Waals surface area contributed by atoms with Crippen molar-refractivity contribution in [2.75, 3.05) is 33.7 Å². The zero-order chi connectivity index (χ0) is 16.2. The number of hydrogen-bond donors (Lipinski definition) is 1. The summed E-state index contributed by atoms with van der Waals surface area (Å²) < 4.78 is 0. The molecule has 2 fully saturated rings. The van der Waals surface area contributed by atoms with Crippen molar-refractivity contribution in [3.05, 3.63) is 0 Å². The van der Waals surface area contributed by atoms with Gasteiger partial charge in [-0.25, -0.2) is 4.99 Å². The molecule has 0 aromatic heterocycles. The first-order chi connectivity index (χ1) is 10.4. The van der Waals surface area contributed by atoms with E-state index < -0.39 is 0 Å². The molecule has 1 saturated heterocycles. The fourth-order valence-corrected chi connectivity index (χ4v) is 3.24. The third kappa shape index (κ3) is 4.89. The van der Waals surface area contributed by atoms with E-state index in [1.165, 1.54) is 38.5 Å². The van der Waals surface area contributed by atoms with Crippen molar-refractivity contribution in [2.45, 2.75) is 58.4 Å². The van der Waals surface area contributed by atoms with Crippen LogP contribution in [0.5, 0.6) is 0 Å². The average Bonchev–Trinajstić information content (AvgIpc) is 3.26. The van der Waals surface area contributed by atoms with Gasteiger partial charge in [-0.05, 0) is 37.5 Å². The van der Waals surface area contributed by atoms with Crippen molar-refractivity contribution >= 4 is 11.9 Å². The van der Waals surface area contributed by atoms with Crippen molar-refractivity contribution in [3.8, 4) is 0 Å². The second kappa shape index (κ2) is 7.34. The molecule has 1 aliphatic carbocycles. The lowest BCUT2D eigenvalue weighted by Crippen LogP contribution is -2.50. The van der Waals surface area contributed by atoms with Gasteiger partial charge in [0.2, 0.25) is 5.91 Å². The summed E-state index contributed by atoms with van der Waals surface area (Å²) in [6.45, 7) is 6.99. The first-order valence-corrected chi connectivity index (χ1v) is 8.69. The Labute approximate surface area is 135 Å². The number of likely N-dealkylation sites (N-methyl/N-ethyl adjacent to an activating group) is 1. The minimum atomic E-state index is 0.0587. The lowest BCUT2D eigenvalue weighted by Gasteiger charge is -2.42. The summed E-state index contributed by atoms with van der Waals surface area (Å²) in [5, 5.41) is 3.54. The van der Waals surface area contributed by atoms with Crippen LogP contribution >= 0.6 is 0 Å². The summed E-state index contributed by atoms with van der Waals surface area (Å²) >= 11 is 0. The van der Waals surface area contributed by atoms with E-state index in [-0.39, 0.29) is 12.5 Å². The van der Waals surface area contributed by atoms with Gasteiger partial charge < -0.3 is 15.1 Å². The molecular weight excluding hydrogens is 276 g/mol. The fraction of sp³-hybridized carbons (Fsp3) is 0.882. The highest BCUT2D eigenvalue weighted by molar-refractivity contribution is 5.85. The summed E-state index contributed by atoms with van der Waals surface area (Å²) in [5.41, 5.74) is 0.380. The monoisotopic (exact) mass is 308 g/mol. The second-order valence-corrected chi connectivity index (χ2v) is 7.43. The molecule has 1 saturated carbocycles. The molecular formula is C17H32N4O. The second-order valence-electron chi connectivity index (χ2n) is 7.43. The molecule has 1 atom stereocenters. The van der Waals surface area contributed by atoms with E-state index in [1.54, 1.807) is 19.0 Å². The van der Waals surface area contributed by atoms with Gasteiger partial charge in [0.05, 0.1) is 0 Å². The number of carbonyl (C=O) groups is 1. The summed E-state index contributed by atoms with van der Waals surface area (Å²) in [6.07, 6.45) is 7.44. The van der Waals surface area contributed by atoms with Crippen molar-refractivity contribution in [1.29, 1.82) is 0 Å². The maximum atomic E-state index is 11.8. The largest absolute Gasteiger partial charge is 0.353 e. The van der Waals surface area contributed by atoms with E-state index in [0.29, 0.717) is 11.5 Å². The van der Waals surface area contributed by atoms with Gasteiger partial charge in [-0.1, -0.05) is 20.3 Å². The summed E-state index contributed by atoms with van der Waals surface area (Å²) in [6, 6.07) is 0.563. The molecule has 0 aromatic rings. The highest BCUT2D eigenvalue weighted by atomic mass is 16.2. The number of likely N-dealkylation sites (tertiary alicyclic amines) is 1. The average molecular weight is 308 g/mol. The first kappa shape index (κ1) is 17.1. The van der Waals surface area contributed by atoms with E-state index in [1.807, 2.05) is 0 Å². The zero-order valence-electron chi connectivity index (χ0n) is 14.7. The lowest BCUT2D eigenvalue weighted by molar-refractivity contribution is -0.127. The van der Waals surface area contributed by atoms with Crippen LogP contribution < -0.4 is 5.32 Å². The molecule has 2 aliphatic rings. The van der Waals surface area contributed by atoms with Gasteiger partial charge >= 0.3 is 0 Å². The van der Waals surface area contributed by atoms with Gasteiger partial charge in [-0.3, -0.25) is 4.79 Å². The normalized spacial score (nSPS) is 26.0. The van der Waals surface area contributed by atoms with Gasteiger partial charge in [0.1, 0.15) is 6.54 Å². The van der Waals surface area contributed by atoms with Gasteiger partial charge in [0.25, 0.3) is 0 Å². The molecule has 1 N–H and O–H groups in total. The van der Waals surface area contributed by atoms with Crippen molar-refractivity contribution in [3.63, 3.8) is 0 Å². The Hall–Kier alpha value is -1.26. The zero-order valence-corrected chi connectivity index (χ0v) is 14.7. The van der Waals surface area contributed by atoms with Crippen molar-refractivity contribution in [2.24, 2.45) is 10.4 Å². The Bertz CT molecular complexity index is 413. The third-order valence-electron chi connectivity index (χ3n) is 4.71. The minimum Gasteiger partial charge on any atom is -0.353 e. The van der Waals surface area contributed by atoms with E-state index in [0.717, 1.165) is 19.0 Å². The van der Waals surface area contributed by atoms with Crippen LogP contribution in [0.15, 0.2) is 4.99 Å². The van der Waals surface area contributed by atoms with Crippen molar-refractivity contribution in [1.82, 2.24) is 15.1 Å². The highest BCUT2D eigenvalue weighted by Crippen LogP contribution is 2.34. The van der Waals surface area contributed by atoms with Crippen molar-refractivity contribution < 1.29 is 4.79 Å². The van der Waals surface area contributed by atoms with Crippen LogP contribution in [0.1, 0.15) is 52.4 Å². The molecule has 126 valence electrons. The van der Waals surface area contributed by atoms with Gasteiger partial charge in [0, 0.05) is 33.2 Å². The van der Waals surface area contributed by atoms with E-state index in [2.05, 4.69) is 29.1 Å². The number of piperidine rings is 1. The van der Waals surface area contributed by atoms with Crippen LogP contribution in [0, 0.1) is 5.41 Å². The number of nitrogens with zero attached hydrogens (tertiary/aromatic N) is 3. The Morgan fingerprint density at radius 2 is 2.14 bits per heavy atom. The standard InChI is InChI=1S/C17H32N4O/c1-5-9-17(2)10-6-11-21(13-17)16(19-14-7-8-14)18-12-15(22)20(3)4/h14H,5-13H2,1-4H3,(H,18,19). The molecule has 1 aliphatic heterocycles. The van der Waals surface area contributed by atoms with E-state index >= 15 is 0 Å². The number of rotatable bonds is 5. The fourth-order valence-electron chi connectivity index (χ4n) is 3.24. The molecule has 5 nitrogen and oxygen atoms in total. The molecule has 0 radical (unpaired) electrons. The third-order valence-corrected chi connectivity index (χ3v) is 4.71. The molecule has 0 aromatic carbocycles. The van der Waals surface area contributed by atoms with Crippen LogP contribution in [0.4, 0.5) is 0 Å². The number of aliphatic imine (C=N–C) groups is 1. The molecule has 1 heterocycles. The number of amides is 1. The topological polar surface area (TPSA) is 47.9 Å². The smallest absolute Gasteiger partial charge is 0.243 e. The van der Waals surface area contributed by atoms with E-state index in [9.17, 15) is 4.79 Å². The molecule has 1 unspecified atom stereocenters. The predicted molar refractivity (Wildman–Crippen MR) is 91.0 cm³/mol. The molecule has 2 rings (SSSR count). The Balaban J connectivity index is 2.03. The van der Waals surface area contributed by atoms with Crippen LogP contribution in [0.25, 0.3) is 0 Å². The summed E-state index contributed by atoms with van der Waals surface area (Å²) in [7, 11) is 3.57. The SMILES string of the molecule is CCCC1(C)CCCN(C(=NCC(=O)N(C)C)NC2CC2)C1. The summed E-state index contributed by atoms with van der Waals surface area (Å²) in [4.78, 5) is 20.4. The Morgan fingerprint density at radius 3 is 2.73 bits per heavy atom. The Morgan fingerprint density at radius 1 is 1.41 bits per heavy atom. The van der Waals surface area contributed by atoms with Crippen LogP contribution in [0.2, 0.25) is 0 Å². The maximum Gasteiger partial charge on any atom is 0.243 e. The maximum absolute atomic E-state index is 11.8. The number of guanidine groups is 1. The lowest BCUT2D eigenvalue weighted by atomic mass is 9.78. The van der Waals surface area contributed by atoms with Crippen LogP contribution in [-0.4, -0.2) is 61.4 Å². The number of nitrogens with one attached hydrogen (secondary N) is 1. The highest BCUT2D eigenvalue weighted by Gasteiger charge is 2.33. The predicted octanol–water partition coefficient (Wildman–Crippen LogP) is 2.08. The van der Waals surface area contributed by atoms with Gasteiger partial charge in [-0.2, -0.15) is 0 Å². The molecule has 5 heteroatoms. The minimum absolute atomic E-state index is 0.0587. The summed E-state index contributed by atoms with van der Waals surface area (Å²) in [5.74, 6) is 1.00. The quantitative estimate of drug-likeness (QED) is 0.625. The van der Waals surface area contributed by atoms with Crippen LogP contribution in [0.3, 0.4) is 0 Å². The molecule has 22 heavy (non-hydrogen) atoms. The first-order valence-electron chi connectivity index (χ1n) is 8.69. The molecule has 0 spiro atoms. The number of carbonyl (C=O) groups excluding carboxylic acids is 1. The number of hydrogen-bond acceptors (Lipinski definition) is 2. The van der Waals surface area contributed by atoms with Gasteiger partial charge in [0.15, 0.2) is 5.96 Å². The molecule has 0 bridgehead atoms. The Kier molecular flexibility index (Phi) is 5.70. The van der Waals surface area contributed by atoms with Gasteiger partial charge in [-0.15, -0.1) is 0 Å². The van der Waals surface area contributed by atoms with Crippen LogP contribution in [-0.2, 0) is 4.79 Å². The van der Waals surface area contributed by atoms with E-state index in [4.69, 9.17) is 0 Å².